The Kier molecular flexibility index (Phi) is 9.39. The normalized spacial score (nSPS) is 22.9. The summed E-state index contributed by atoms with van der Waals surface area (Å²) < 4.78 is 18.0. The van der Waals surface area contributed by atoms with Gasteiger partial charge >= 0.3 is 12.1 Å². The summed E-state index contributed by atoms with van der Waals surface area (Å²) >= 11 is 1.42. The zero-order valence-corrected chi connectivity index (χ0v) is 21.7. The van der Waals surface area contributed by atoms with E-state index >= 15 is 0 Å². The van der Waals surface area contributed by atoms with Crippen LogP contribution in [0.1, 0.15) is 46.8 Å². The number of ether oxygens (including phenoxy) is 3. The maximum atomic E-state index is 12.4. The number of hydrogen-bond acceptors (Lipinski definition) is 11. The number of carbonyl (C=O) groups is 2. The van der Waals surface area contributed by atoms with Gasteiger partial charge < -0.3 is 40.0 Å². The summed E-state index contributed by atoms with van der Waals surface area (Å²) in [5.41, 5.74) is 5.68. The molecule has 2 aromatic rings. The number of alkyl carbamates (subject to hydrolysis) is 1. The molecule has 5 atom stereocenters. The third-order valence-electron chi connectivity index (χ3n) is 5.41. The number of nitrogens with two attached hydrogens (primary N) is 1. The number of carbonyl (C=O) groups excluding carboxylic acids is 2. The summed E-state index contributed by atoms with van der Waals surface area (Å²) in [5.74, 6) is 0.599. The van der Waals surface area contributed by atoms with E-state index in [9.17, 15) is 19.8 Å². The second kappa shape index (κ2) is 12.1. The van der Waals surface area contributed by atoms with Crippen molar-refractivity contribution in [3.05, 3.63) is 18.6 Å². The van der Waals surface area contributed by atoms with Crippen LogP contribution in [0.2, 0.25) is 0 Å². The van der Waals surface area contributed by atoms with E-state index in [1.807, 2.05) is 6.92 Å². The average Bonchev–Trinajstić information content (AvgIpc) is 3.35. The molecule has 1 aliphatic rings. The van der Waals surface area contributed by atoms with Gasteiger partial charge in [0.05, 0.1) is 18.1 Å². The fraction of sp³-hybridized carbons (Fsp3) is 0.652. The SMILES string of the molecule is CCCOC(=O)[C@H](CCSC[C@H]1O[C@@H](n2ccc3c(N)ncnc32)[C@H](O)[C@@H]1O)NC(=O)OC(C)(C)C. The van der Waals surface area contributed by atoms with Crippen LogP contribution in [-0.4, -0.2) is 84.9 Å². The number of hydrogen-bond donors (Lipinski definition) is 4. The minimum Gasteiger partial charge on any atom is -0.464 e. The standard InChI is InChI=1S/C23H35N5O7S/c1-5-9-33-21(31)14(27-22(32)35-23(2,3)4)7-10-36-11-15-16(29)17(30)20(34-15)28-8-6-13-18(24)25-12-26-19(13)28/h6,8,12,14-17,20,29-30H,5,7,9-11H2,1-4H3,(H,27,32)(H2,24,25,26)/t14-,15+,16+,17+,20+/m0/s1. The second-order valence-electron chi connectivity index (χ2n) is 9.50. The van der Waals surface area contributed by atoms with E-state index in [-0.39, 0.29) is 6.61 Å². The van der Waals surface area contributed by atoms with Gasteiger partial charge in [0.1, 0.15) is 41.6 Å². The van der Waals surface area contributed by atoms with Gasteiger partial charge in [-0.15, -0.1) is 0 Å². The molecule has 200 valence electrons. The Morgan fingerprint density at radius 2 is 2.06 bits per heavy atom. The molecule has 1 saturated heterocycles. The molecule has 1 fully saturated rings. The number of nitrogen functional groups attached to an aromatic ring is 1. The molecule has 0 aromatic carbocycles. The summed E-state index contributed by atoms with van der Waals surface area (Å²) in [4.78, 5) is 32.8. The minimum absolute atomic E-state index is 0.254. The molecule has 0 unspecified atom stereocenters. The highest BCUT2D eigenvalue weighted by atomic mass is 32.2. The van der Waals surface area contributed by atoms with E-state index in [1.54, 1.807) is 37.6 Å². The Bertz CT molecular complexity index is 1040. The van der Waals surface area contributed by atoms with E-state index in [0.717, 1.165) is 0 Å². The van der Waals surface area contributed by atoms with Gasteiger partial charge in [0, 0.05) is 11.9 Å². The molecule has 0 aliphatic carbocycles. The highest BCUT2D eigenvalue weighted by molar-refractivity contribution is 7.99. The number of nitrogens with one attached hydrogen (secondary N) is 1. The lowest BCUT2D eigenvalue weighted by Crippen LogP contribution is -2.44. The molecule has 13 heteroatoms. The lowest BCUT2D eigenvalue weighted by molar-refractivity contribution is -0.146. The average molecular weight is 526 g/mol. The van der Waals surface area contributed by atoms with E-state index in [2.05, 4.69) is 15.3 Å². The first kappa shape index (κ1) is 28.0. The third kappa shape index (κ3) is 6.99. The first-order chi connectivity index (χ1) is 17.0. The molecule has 3 heterocycles. The molecule has 0 saturated carbocycles. The topological polar surface area (TPSA) is 171 Å². The lowest BCUT2D eigenvalue weighted by Gasteiger charge is -2.23. The van der Waals surface area contributed by atoms with Crippen LogP contribution in [0.4, 0.5) is 10.6 Å². The fourth-order valence-corrected chi connectivity index (χ4v) is 4.77. The van der Waals surface area contributed by atoms with Crippen molar-refractivity contribution >= 4 is 40.7 Å². The number of rotatable bonds is 10. The molecule has 5 N–H and O–H groups in total. The molecule has 0 spiro atoms. The molecule has 0 bridgehead atoms. The van der Waals surface area contributed by atoms with Crippen LogP contribution in [0.5, 0.6) is 0 Å². The molecule has 0 radical (unpaired) electrons. The number of aliphatic hydroxyl groups is 2. The molecular formula is C23H35N5O7S. The van der Waals surface area contributed by atoms with Crippen LogP contribution in [0, 0.1) is 0 Å². The van der Waals surface area contributed by atoms with Gasteiger partial charge in [-0.25, -0.2) is 19.6 Å². The van der Waals surface area contributed by atoms with E-state index < -0.39 is 48.2 Å². The summed E-state index contributed by atoms with van der Waals surface area (Å²) in [7, 11) is 0. The number of fused-ring (bicyclic) bond motifs is 1. The maximum Gasteiger partial charge on any atom is 0.408 e. The Balaban J connectivity index is 1.56. The zero-order valence-electron chi connectivity index (χ0n) is 20.9. The summed E-state index contributed by atoms with van der Waals surface area (Å²) in [6, 6.07) is 0.855. The Hall–Kier alpha value is -2.61. The third-order valence-corrected chi connectivity index (χ3v) is 6.50. The van der Waals surface area contributed by atoms with Crippen molar-refractivity contribution in [1.29, 1.82) is 0 Å². The first-order valence-corrected chi connectivity index (χ1v) is 13.0. The van der Waals surface area contributed by atoms with E-state index in [1.165, 1.54) is 18.1 Å². The minimum atomic E-state index is -1.17. The van der Waals surface area contributed by atoms with E-state index in [4.69, 9.17) is 19.9 Å². The summed E-state index contributed by atoms with van der Waals surface area (Å²) in [6.45, 7) is 7.34. The molecule has 2 aromatic heterocycles. The van der Waals surface area contributed by atoms with Gasteiger partial charge in [-0.1, -0.05) is 6.92 Å². The summed E-state index contributed by atoms with van der Waals surface area (Å²) in [6.07, 6.45) is -0.534. The Labute approximate surface area is 213 Å². The van der Waals surface area contributed by atoms with Crippen molar-refractivity contribution < 1.29 is 34.0 Å². The van der Waals surface area contributed by atoms with Gasteiger partial charge in [-0.3, -0.25) is 0 Å². The van der Waals surface area contributed by atoms with Crippen LogP contribution in [-0.2, 0) is 19.0 Å². The van der Waals surface area contributed by atoms with Crippen LogP contribution < -0.4 is 11.1 Å². The maximum absolute atomic E-state index is 12.4. The van der Waals surface area contributed by atoms with Crippen LogP contribution in [0.25, 0.3) is 11.0 Å². The number of anilines is 1. The van der Waals surface area contributed by atoms with Crippen molar-refractivity contribution in [2.45, 2.75) is 76.7 Å². The first-order valence-electron chi connectivity index (χ1n) is 11.8. The quantitative estimate of drug-likeness (QED) is 0.262. The molecule has 1 amide bonds. The van der Waals surface area contributed by atoms with Crippen molar-refractivity contribution in [2.75, 3.05) is 23.8 Å². The van der Waals surface area contributed by atoms with Crippen molar-refractivity contribution in [3.8, 4) is 0 Å². The monoisotopic (exact) mass is 525 g/mol. The smallest absolute Gasteiger partial charge is 0.408 e. The summed E-state index contributed by atoms with van der Waals surface area (Å²) in [5, 5.41) is 24.4. The predicted molar refractivity (Wildman–Crippen MR) is 134 cm³/mol. The fourth-order valence-electron chi connectivity index (χ4n) is 3.70. The zero-order chi connectivity index (χ0) is 26.5. The molecule has 1 aliphatic heterocycles. The Morgan fingerprint density at radius 1 is 1.31 bits per heavy atom. The number of thioether (sulfide) groups is 1. The lowest BCUT2D eigenvalue weighted by atomic mass is 10.1. The van der Waals surface area contributed by atoms with Gasteiger partial charge in [-0.05, 0) is 45.4 Å². The van der Waals surface area contributed by atoms with E-state index in [0.29, 0.717) is 41.2 Å². The van der Waals surface area contributed by atoms with Gasteiger partial charge in [0.2, 0.25) is 0 Å². The number of esters is 1. The van der Waals surface area contributed by atoms with Crippen LogP contribution in [0.15, 0.2) is 18.6 Å². The predicted octanol–water partition coefficient (Wildman–Crippen LogP) is 1.60. The van der Waals surface area contributed by atoms with Gasteiger partial charge in [-0.2, -0.15) is 11.8 Å². The second-order valence-corrected chi connectivity index (χ2v) is 10.6. The molecule has 12 nitrogen and oxygen atoms in total. The highest BCUT2D eigenvalue weighted by Crippen LogP contribution is 2.34. The number of aromatic nitrogens is 3. The molecule has 3 rings (SSSR count). The van der Waals surface area contributed by atoms with Crippen LogP contribution >= 0.6 is 11.8 Å². The van der Waals surface area contributed by atoms with Crippen molar-refractivity contribution in [3.63, 3.8) is 0 Å². The molecule has 36 heavy (non-hydrogen) atoms. The highest BCUT2D eigenvalue weighted by Gasteiger charge is 2.44. The van der Waals surface area contributed by atoms with Crippen LogP contribution in [0.3, 0.4) is 0 Å². The molecular weight excluding hydrogens is 490 g/mol. The number of amides is 1. The number of aliphatic hydroxyl groups excluding tert-OH is 2. The Morgan fingerprint density at radius 3 is 2.75 bits per heavy atom. The largest absolute Gasteiger partial charge is 0.464 e. The van der Waals surface area contributed by atoms with Crippen molar-refractivity contribution in [1.82, 2.24) is 19.9 Å². The van der Waals surface area contributed by atoms with Gasteiger partial charge in [0.15, 0.2) is 6.23 Å². The van der Waals surface area contributed by atoms with Gasteiger partial charge in [0.25, 0.3) is 0 Å². The van der Waals surface area contributed by atoms with Crippen molar-refractivity contribution in [2.24, 2.45) is 0 Å². The number of nitrogens with zero attached hydrogens (tertiary/aromatic N) is 3.